The van der Waals surface area contributed by atoms with Gasteiger partial charge >= 0.3 is 17.9 Å². The molecule has 0 radical (unpaired) electrons. The Balaban J connectivity index is 4.80. The first-order valence-corrected chi connectivity index (χ1v) is 9.41. The van der Waals surface area contributed by atoms with Crippen molar-refractivity contribution < 1.29 is 28.9 Å². The van der Waals surface area contributed by atoms with E-state index >= 15 is 0 Å². The molecule has 0 amide bonds. The van der Waals surface area contributed by atoms with Crippen LogP contribution in [0.5, 0.6) is 0 Å². The summed E-state index contributed by atoms with van der Waals surface area (Å²) in [4.78, 5) is 50.6. The topological polar surface area (TPSA) is 82.1 Å². The van der Waals surface area contributed by atoms with E-state index in [4.69, 9.17) is 14.5 Å². The summed E-state index contributed by atoms with van der Waals surface area (Å²) in [6.45, 7) is 7.83. The van der Waals surface area contributed by atoms with E-state index in [0.717, 1.165) is 25.7 Å². The Bertz CT molecular complexity index is 371. The van der Waals surface area contributed by atoms with E-state index in [-0.39, 0.29) is 24.1 Å². The fraction of sp³-hybridized carbons (Fsp3) is 0.833. The van der Waals surface area contributed by atoms with Crippen molar-refractivity contribution in [2.24, 2.45) is 5.92 Å². The van der Waals surface area contributed by atoms with E-state index in [2.05, 4.69) is 0 Å². The minimum absolute atomic E-state index is 0.157. The highest BCUT2D eigenvalue weighted by molar-refractivity contribution is 5.73. The van der Waals surface area contributed by atoms with Gasteiger partial charge in [0.15, 0.2) is 0 Å². The van der Waals surface area contributed by atoms with Crippen LogP contribution in [0.25, 0.3) is 0 Å². The highest BCUT2D eigenvalue weighted by atomic mass is 17.2. The van der Waals surface area contributed by atoms with Crippen LogP contribution < -0.4 is 0 Å². The molecule has 0 saturated carbocycles. The highest BCUT2D eigenvalue weighted by Gasteiger charge is 2.27. The number of carbonyl (C=O) groups excluding carboxylic acids is 3. The molecule has 0 aromatic heterocycles. The first-order chi connectivity index (χ1) is 12.0. The van der Waals surface area contributed by atoms with Gasteiger partial charge in [-0.15, -0.1) is 0 Å². The van der Waals surface area contributed by atoms with Gasteiger partial charge in [0.1, 0.15) is 0 Å². The van der Waals surface area contributed by atoms with Crippen LogP contribution in [0.15, 0.2) is 0 Å². The number of hydrogen-bond donors (Lipinski definition) is 0. The van der Waals surface area contributed by atoms with Gasteiger partial charge in [0.05, 0.1) is 5.92 Å². The SMILES string of the molecule is CCCCC(=O)ON(OC(=O)CCCC)OC(=O)C(CCC)CCC. The van der Waals surface area contributed by atoms with E-state index in [9.17, 15) is 14.4 Å². The molecule has 0 rings (SSSR count). The van der Waals surface area contributed by atoms with Gasteiger partial charge < -0.3 is 14.5 Å². The lowest BCUT2D eigenvalue weighted by Crippen LogP contribution is -2.35. The molecule has 0 unspecified atom stereocenters. The molecule has 25 heavy (non-hydrogen) atoms. The largest absolute Gasteiger partial charge is 0.335 e. The molecule has 0 aromatic rings. The van der Waals surface area contributed by atoms with Crippen LogP contribution in [-0.2, 0) is 28.9 Å². The third kappa shape index (κ3) is 11.5. The van der Waals surface area contributed by atoms with Crippen molar-refractivity contribution in [1.29, 1.82) is 0 Å². The first-order valence-electron chi connectivity index (χ1n) is 9.41. The van der Waals surface area contributed by atoms with E-state index in [1.165, 1.54) is 0 Å². The summed E-state index contributed by atoms with van der Waals surface area (Å²) in [5, 5.41) is 0.288. The van der Waals surface area contributed by atoms with Gasteiger partial charge in [-0.25, -0.2) is 4.79 Å². The summed E-state index contributed by atoms with van der Waals surface area (Å²) in [7, 11) is 0. The maximum atomic E-state index is 12.3. The van der Waals surface area contributed by atoms with Gasteiger partial charge in [-0.2, -0.15) is 0 Å². The van der Waals surface area contributed by atoms with E-state index < -0.39 is 17.9 Å². The molecular weight excluding hydrogens is 326 g/mol. The predicted octanol–water partition coefficient (Wildman–Crippen LogP) is 4.26. The number of carbonyl (C=O) groups is 3. The lowest BCUT2D eigenvalue weighted by atomic mass is 9.99. The molecule has 0 aliphatic rings. The van der Waals surface area contributed by atoms with Gasteiger partial charge in [-0.05, 0) is 25.7 Å². The third-order valence-electron chi connectivity index (χ3n) is 3.59. The summed E-state index contributed by atoms with van der Waals surface area (Å²) in [6.07, 6.45) is 6.20. The maximum absolute atomic E-state index is 12.3. The van der Waals surface area contributed by atoms with Crippen molar-refractivity contribution in [3.05, 3.63) is 0 Å². The number of unbranched alkanes of at least 4 members (excludes halogenated alkanes) is 2. The lowest BCUT2D eigenvalue weighted by Gasteiger charge is -2.20. The molecule has 0 aliphatic carbocycles. The standard InChI is InChI=1S/C18H33NO6/c1-5-9-13-16(20)23-19(24-17(21)14-10-6-2)25-18(22)15(11-7-3)12-8-4/h15H,5-14H2,1-4H3. The van der Waals surface area contributed by atoms with Crippen molar-refractivity contribution in [2.45, 2.75) is 91.9 Å². The molecular formula is C18H33NO6. The Kier molecular flexibility index (Phi) is 13.7. The van der Waals surface area contributed by atoms with Crippen LogP contribution >= 0.6 is 0 Å². The first kappa shape index (κ1) is 23.4. The third-order valence-corrected chi connectivity index (χ3v) is 3.59. The average Bonchev–Trinajstić information content (AvgIpc) is 2.57. The highest BCUT2D eigenvalue weighted by Crippen LogP contribution is 2.17. The molecule has 7 nitrogen and oxygen atoms in total. The van der Waals surface area contributed by atoms with Crippen molar-refractivity contribution >= 4 is 17.9 Å². The van der Waals surface area contributed by atoms with E-state index in [0.29, 0.717) is 25.7 Å². The van der Waals surface area contributed by atoms with Gasteiger partial charge in [-0.3, -0.25) is 9.59 Å². The maximum Gasteiger partial charge on any atom is 0.335 e. The quantitative estimate of drug-likeness (QED) is 0.429. The summed E-state index contributed by atoms with van der Waals surface area (Å²) < 4.78 is 0. The fourth-order valence-electron chi connectivity index (χ4n) is 2.18. The van der Waals surface area contributed by atoms with Crippen LogP contribution in [0, 0.1) is 5.92 Å². The molecule has 0 aromatic carbocycles. The van der Waals surface area contributed by atoms with Gasteiger partial charge in [0, 0.05) is 12.8 Å². The zero-order chi connectivity index (χ0) is 19.1. The number of rotatable bonds is 14. The zero-order valence-electron chi connectivity index (χ0n) is 16.0. The number of hydrogen-bond acceptors (Lipinski definition) is 7. The van der Waals surface area contributed by atoms with Crippen molar-refractivity contribution in [3.63, 3.8) is 0 Å². The smallest absolute Gasteiger partial charge is 0.300 e. The summed E-state index contributed by atoms with van der Waals surface area (Å²) in [5.74, 6) is -2.10. The van der Waals surface area contributed by atoms with Crippen molar-refractivity contribution in [1.82, 2.24) is 5.39 Å². The Hall–Kier alpha value is -1.63. The minimum Gasteiger partial charge on any atom is -0.300 e. The molecule has 0 N–H and O–H groups in total. The van der Waals surface area contributed by atoms with E-state index in [1.807, 2.05) is 27.7 Å². The molecule has 7 heteroatoms. The second kappa shape index (κ2) is 14.7. The normalized spacial score (nSPS) is 10.8. The average molecular weight is 359 g/mol. The molecule has 0 saturated heterocycles. The van der Waals surface area contributed by atoms with Crippen LogP contribution in [-0.4, -0.2) is 23.3 Å². The minimum atomic E-state index is -0.611. The van der Waals surface area contributed by atoms with Crippen LogP contribution in [0.1, 0.15) is 91.9 Å². The molecule has 146 valence electrons. The lowest BCUT2D eigenvalue weighted by molar-refractivity contribution is -0.465. The van der Waals surface area contributed by atoms with Crippen LogP contribution in [0.2, 0.25) is 0 Å². The Morgan fingerprint density at radius 1 is 0.720 bits per heavy atom. The summed E-state index contributed by atoms with van der Waals surface area (Å²) in [5.41, 5.74) is 0. The molecule has 0 aliphatic heterocycles. The Labute approximate surface area is 150 Å². The Morgan fingerprint density at radius 3 is 1.52 bits per heavy atom. The van der Waals surface area contributed by atoms with E-state index in [1.54, 1.807) is 0 Å². The Morgan fingerprint density at radius 2 is 1.16 bits per heavy atom. The van der Waals surface area contributed by atoms with Gasteiger partial charge in [-0.1, -0.05) is 53.4 Å². The van der Waals surface area contributed by atoms with Crippen molar-refractivity contribution in [3.8, 4) is 0 Å². The molecule has 0 spiro atoms. The summed E-state index contributed by atoms with van der Waals surface area (Å²) >= 11 is 0. The van der Waals surface area contributed by atoms with Crippen molar-refractivity contribution in [2.75, 3.05) is 0 Å². The molecule has 0 fully saturated rings. The van der Waals surface area contributed by atoms with Crippen LogP contribution in [0.3, 0.4) is 0 Å². The van der Waals surface area contributed by atoms with Crippen LogP contribution in [0.4, 0.5) is 0 Å². The monoisotopic (exact) mass is 359 g/mol. The van der Waals surface area contributed by atoms with Gasteiger partial charge in [0.25, 0.3) is 0 Å². The molecule has 0 atom stereocenters. The number of nitrogens with zero attached hydrogens (tertiary/aromatic N) is 1. The molecule has 0 heterocycles. The second-order valence-corrected chi connectivity index (χ2v) is 6.04. The summed E-state index contributed by atoms with van der Waals surface area (Å²) in [6, 6.07) is 0. The predicted molar refractivity (Wildman–Crippen MR) is 92.5 cm³/mol. The molecule has 0 bridgehead atoms. The van der Waals surface area contributed by atoms with Gasteiger partial charge in [0.2, 0.25) is 5.39 Å². The second-order valence-electron chi connectivity index (χ2n) is 6.04. The zero-order valence-corrected chi connectivity index (χ0v) is 16.0. The fourth-order valence-corrected chi connectivity index (χ4v) is 2.18.